The molecule has 0 aromatic heterocycles. The van der Waals surface area contributed by atoms with Crippen molar-refractivity contribution in [3.63, 3.8) is 0 Å². The number of anilines is 1. The Kier molecular flexibility index (Phi) is 5.74. The molecule has 120 valence electrons. The summed E-state index contributed by atoms with van der Waals surface area (Å²) < 4.78 is 4.82. The molecule has 0 saturated carbocycles. The van der Waals surface area contributed by atoms with Gasteiger partial charge in [0.05, 0.1) is 12.6 Å². The Hall–Kier alpha value is -2.82. The fourth-order valence-electron chi connectivity index (χ4n) is 2.13. The largest absolute Gasteiger partial charge is 0.450 e. The van der Waals surface area contributed by atoms with Gasteiger partial charge in [0.25, 0.3) is 5.91 Å². The third-order valence-corrected chi connectivity index (χ3v) is 3.29. The second-order valence-electron chi connectivity index (χ2n) is 5.03. The minimum absolute atomic E-state index is 0.106. The molecule has 0 saturated heterocycles. The lowest BCUT2D eigenvalue weighted by Crippen LogP contribution is -2.26. The van der Waals surface area contributed by atoms with Crippen LogP contribution in [0.15, 0.2) is 54.6 Å². The number of hydrogen-bond acceptors (Lipinski definition) is 3. The van der Waals surface area contributed by atoms with Crippen LogP contribution in [0.4, 0.5) is 10.5 Å². The van der Waals surface area contributed by atoms with Crippen LogP contribution in [0.25, 0.3) is 0 Å². The molecule has 2 rings (SSSR count). The maximum Gasteiger partial charge on any atom is 0.411 e. The van der Waals surface area contributed by atoms with Crippen molar-refractivity contribution in [1.82, 2.24) is 5.32 Å². The van der Waals surface area contributed by atoms with Crippen LogP contribution < -0.4 is 10.6 Å². The highest BCUT2D eigenvalue weighted by molar-refractivity contribution is 5.96. The van der Waals surface area contributed by atoms with Gasteiger partial charge in [-0.25, -0.2) is 4.79 Å². The van der Waals surface area contributed by atoms with Crippen LogP contribution >= 0.6 is 0 Å². The molecule has 0 bridgehead atoms. The van der Waals surface area contributed by atoms with Crippen molar-refractivity contribution in [2.75, 3.05) is 11.9 Å². The predicted molar refractivity (Wildman–Crippen MR) is 89.4 cm³/mol. The van der Waals surface area contributed by atoms with Crippen LogP contribution in [0.2, 0.25) is 0 Å². The number of benzene rings is 2. The van der Waals surface area contributed by atoms with E-state index in [2.05, 4.69) is 10.6 Å². The van der Waals surface area contributed by atoms with Gasteiger partial charge >= 0.3 is 6.09 Å². The smallest absolute Gasteiger partial charge is 0.411 e. The van der Waals surface area contributed by atoms with Crippen molar-refractivity contribution < 1.29 is 14.3 Å². The first-order chi connectivity index (χ1) is 11.1. The lowest BCUT2D eigenvalue weighted by molar-refractivity contribution is 0.0939. The summed E-state index contributed by atoms with van der Waals surface area (Å²) >= 11 is 0. The Morgan fingerprint density at radius 1 is 1.09 bits per heavy atom. The van der Waals surface area contributed by atoms with Crippen molar-refractivity contribution in [3.05, 3.63) is 65.7 Å². The quantitative estimate of drug-likeness (QED) is 0.883. The third-order valence-electron chi connectivity index (χ3n) is 3.29. The third kappa shape index (κ3) is 4.85. The molecule has 0 heterocycles. The zero-order valence-electron chi connectivity index (χ0n) is 13.2. The normalized spacial score (nSPS) is 11.4. The zero-order valence-corrected chi connectivity index (χ0v) is 13.2. The van der Waals surface area contributed by atoms with E-state index in [0.717, 1.165) is 5.56 Å². The molecule has 2 N–H and O–H groups in total. The Balaban J connectivity index is 2.03. The molecule has 5 nitrogen and oxygen atoms in total. The highest BCUT2D eigenvalue weighted by Gasteiger charge is 2.12. The lowest BCUT2D eigenvalue weighted by Gasteiger charge is -2.14. The molecule has 1 atom stereocenters. The SMILES string of the molecule is CCOC(=O)Nc1cccc(C(=O)N[C@@H](C)c2ccccc2)c1. The van der Waals surface area contributed by atoms with Gasteiger partial charge in [-0.3, -0.25) is 10.1 Å². The van der Waals surface area contributed by atoms with E-state index >= 15 is 0 Å². The van der Waals surface area contributed by atoms with E-state index in [1.165, 1.54) is 0 Å². The van der Waals surface area contributed by atoms with Crippen LogP contribution in [-0.4, -0.2) is 18.6 Å². The maximum absolute atomic E-state index is 12.3. The van der Waals surface area contributed by atoms with Crippen LogP contribution in [0.3, 0.4) is 0 Å². The Bertz CT molecular complexity index is 671. The number of hydrogen-bond donors (Lipinski definition) is 2. The Morgan fingerprint density at radius 3 is 2.52 bits per heavy atom. The molecule has 2 aromatic carbocycles. The Morgan fingerprint density at radius 2 is 1.83 bits per heavy atom. The number of rotatable bonds is 5. The zero-order chi connectivity index (χ0) is 16.7. The summed E-state index contributed by atoms with van der Waals surface area (Å²) in [6.45, 7) is 3.95. The molecule has 0 radical (unpaired) electrons. The summed E-state index contributed by atoms with van der Waals surface area (Å²) in [7, 11) is 0. The summed E-state index contributed by atoms with van der Waals surface area (Å²) in [5.41, 5.74) is 2.02. The average Bonchev–Trinajstić information content (AvgIpc) is 2.56. The molecule has 0 aliphatic carbocycles. The number of carbonyl (C=O) groups excluding carboxylic acids is 2. The molecular weight excluding hydrogens is 292 g/mol. The minimum Gasteiger partial charge on any atom is -0.450 e. The van der Waals surface area contributed by atoms with Crippen molar-refractivity contribution in [2.24, 2.45) is 0 Å². The number of amides is 2. The first-order valence-corrected chi connectivity index (χ1v) is 7.49. The van der Waals surface area contributed by atoms with Gasteiger partial charge in [-0.2, -0.15) is 0 Å². The van der Waals surface area contributed by atoms with Crippen LogP contribution in [0.5, 0.6) is 0 Å². The van der Waals surface area contributed by atoms with Gasteiger partial charge in [-0.15, -0.1) is 0 Å². The maximum atomic E-state index is 12.3. The van der Waals surface area contributed by atoms with Gasteiger partial charge in [0.2, 0.25) is 0 Å². The highest BCUT2D eigenvalue weighted by Crippen LogP contribution is 2.15. The van der Waals surface area contributed by atoms with E-state index in [1.807, 2.05) is 37.3 Å². The summed E-state index contributed by atoms with van der Waals surface area (Å²) in [4.78, 5) is 23.8. The highest BCUT2D eigenvalue weighted by atomic mass is 16.5. The van der Waals surface area contributed by atoms with Crippen molar-refractivity contribution in [1.29, 1.82) is 0 Å². The molecule has 0 aliphatic rings. The lowest BCUT2D eigenvalue weighted by atomic mass is 10.1. The number of ether oxygens (including phenoxy) is 1. The van der Waals surface area contributed by atoms with Gasteiger partial charge in [0, 0.05) is 11.3 Å². The van der Waals surface area contributed by atoms with Crippen molar-refractivity contribution in [2.45, 2.75) is 19.9 Å². The van der Waals surface area contributed by atoms with Crippen LogP contribution in [0.1, 0.15) is 35.8 Å². The average molecular weight is 312 g/mol. The van der Waals surface area contributed by atoms with E-state index in [4.69, 9.17) is 4.74 Å². The van der Waals surface area contributed by atoms with Gasteiger partial charge in [0.15, 0.2) is 0 Å². The topological polar surface area (TPSA) is 67.4 Å². The summed E-state index contributed by atoms with van der Waals surface area (Å²) in [5, 5.41) is 5.52. The van der Waals surface area contributed by atoms with Crippen LogP contribution in [-0.2, 0) is 4.74 Å². The molecular formula is C18H20N2O3. The molecule has 5 heteroatoms. The predicted octanol–water partition coefficient (Wildman–Crippen LogP) is 3.75. The Labute approximate surface area is 135 Å². The van der Waals surface area contributed by atoms with E-state index in [9.17, 15) is 9.59 Å². The van der Waals surface area contributed by atoms with Gasteiger partial charge in [0.1, 0.15) is 0 Å². The first-order valence-electron chi connectivity index (χ1n) is 7.49. The van der Waals surface area contributed by atoms with E-state index in [0.29, 0.717) is 17.9 Å². The van der Waals surface area contributed by atoms with E-state index < -0.39 is 6.09 Å². The fourth-order valence-corrected chi connectivity index (χ4v) is 2.13. The molecule has 0 aliphatic heterocycles. The number of carbonyl (C=O) groups is 2. The van der Waals surface area contributed by atoms with E-state index in [-0.39, 0.29) is 11.9 Å². The van der Waals surface area contributed by atoms with Gasteiger partial charge < -0.3 is 10.1 Å². The van der Waals surface area contributed by atoms with E-state index in [1.54, 1.807) is 31.2 Å². The minimum atomic E-state index is -0.539. The first kappa shape index (κ1) is 16.5. The molecule has 0 spiro atoms. The van der Waals surface area contributed by atoms with Gasteiger partial charge in [-0.05, 0) is 37.6 Å². The summed E-state index contributed by atoms with van der Waals surface area (Å²) in [5.74, 6) is -0.200. The second kappa shape index (κ2) is 7.98. The molecule has 0 unspecified atom stereocenters. The molecule has 23 heavy (non-hydrogen) atoms. The van der Waals surface area contributed by atoms with Crippen molar-refractivity contribution in [3.8, 4) is 0 Å². The van der Waals surface area contributed by atoms with Crippen LogP contribution in [0, 0.1) is 0 Å². The summed E-state index contributed by atoms with van der Waals surface area (Å²) in [6, 6.07) is 16.3. The fraction of sp³-hybridized carbons (Fsp3) is 0.222. The molecule has 2 aromatic rings. The van der Waals surface area contributed by atoms with Gasteiger partial charge in [-0.1, -0.05) is 36.4 Å². The van der Waals surface area contributed by atoms with Crippen molar-refractivity contribution >= 4 is 17.7 Å². The monoisotopic (exact) mass is 312 g/mol. The standard InChI is InChI=1S/C18H20N2O3/c1-3-23-18(22)20-16-11-7-10-15(12-16)17(21)19-13(2)14-8-5-4-6-9-14/h4-13H,3H2,1-2H3,(H,19,21)(H,20,22)/t13-/m0/s1. The molecule has 0 fully saturated rings. The molecule has 2 amide bonds. The number of nitrogens with one attached hydrogen (secondary N) is 2. The summed E-state index contributed by atoms with van der Waals surface area (Å²) in [6.07, 6.45) is -0.539. The second-order valence-corrected chi connectivity index (χ2v) is 5.03.